The molecule has 0 saturated carbocycles. The fourth-order valence-corrected chi connectivity index (χ4v) is 3.00. The summed E-state index contributed by atoms with van der Waals surface area (Å²) in [6.45, 7) is 4.91. The quantitative estimate of drug-likeness (QED) is 0.797. The topological polar surface area (TPSA) is 32.3 Å². The second kappa shape index (κ2) is 8.07. The zero-order valence-corrected chi connectivity index (χ0v) is 14.0. The summed E-state index contributed by atoms with van der Waals surface area (Å²) in [7, 11) is 0. The molecule has 0 radical (unpaired) electrons. The second-order valence-electron chi connectivity index (χ2n) is 4.63. The van der Waals surface area contributed by atoms with Crippen molar-refractivity contribution in [3.8, 4) is 0 Å². The predicted molar refractivity (Wildman–Crippen MR) is 89.0 cm³/mol. The Morgan fingerprint density at radius 1 is 1.47 bits per heavy atom. The molecular weight excluding hydrogens is 375 g/mol. The molecule has 1 aromatic carbocycles. The molecule has 1 heterocycles. The maximum Gasteiger partial charge on any atom is 0.255 e. The number of nitrogens with one attached hydrogen (secondary N) is 1. The van der Waals surface area contributed by atoms with Crippen LogP contribution in [0.2, 0.25) is 0 Å². The summed E-state index contributed by atoms with van der Waals surface area (Å²) in [5, 5.41) is 3.34. The van der Waals surface area contributed by atoms with Crippen LogP contribution in [-0.4, -0.2) is 36.5 Å². The monoisotopic (exact) mass is 394 g/mol. The summed E-state index contributed by atoms with van der Waals surface area (Å²) in [6.07, 6.45) is 2.07. The molecule has 0 aromatic heterocycles. The highest BCUT2D eigenvalue weighted by Crippen LogP contribution is 2.18. The van der Waals surface area contributed by atoms with Crippen molar-refractivity contribution in [1.82, 2.24) is 10.2 Å². The summed E-state index contributed by atoms with van der Waals surface area (Å²) in [5.41, 5.74) is 0.832. The number of amides is 1. The van der Waals surface area contributed by atoms with Gasteiger partial charge in [0.15, 0.2) is 0 Å². The van der Waals surface area contributed by atoms with Crippen molar-refractivity contribution in [2.24, 2.45) is 0 Å². The molecule has 0 spiro atoms. The first-order valence-corrected chi connectivity index (χ1v) is 7.58. The molecule has 2 rings (SSSR count). The molecule has 3 nitrogen and oxygen atoms in total. The Kier molecular flexibility index (Phi) is 7.10. The predicted octanol–water partition coefficient (Wildman–Crippen LogP) is 2.93. The van der Waals surface area contributed by atoms with Gasteiger partial charge < -0.3 is 10.2 Å². The van der Waals surface area contributed by atoms with E-state index < -0.39 is 0 Å². The van der Waals surface area contributed by atoms with Crippen LogP contribution in [0.1, 0.15) is 30.1 Å². The standard InChI is InChI=1S/C14H19IN2O.ClH/c1-2-9-17(11-7-8-16-10-11)14(18)12-5-3-4-6-13(12)15;/h3-6,11,16H,2,7-10H2,1H3;1H. The SMILES string of the molecule is CCCN(C(=O)c1ccccc1I)C1CCNC1.Cl. The van der Waals surface area contributed by atoms with Gasteiger partial charge in [-0.25, -0.2) is 0 Å². The van der Waals surface area contributed by atoms with Crippen molar-refractivity contribution in [2.45, 2.75) is 25.8 Å². The fraction of sp³-hybridized carbons (Fsp3) is 0.500. The first-order valence-electron chi connectivity index (χ1n) is 6.50. The summed E-state index contributed by atoms with van der Waals surface area (Å²) < 4.78 is 1.03. The van der Waals surface area contributed by atoms with Crippen molar-refractivity contribution in [3.05, 3.63) is 33.4 Å². The Morgan fingerprint density at radius 2 is 2.21 bits per heavy atom. The average Bonchev–Trinajstić information content (AvgIpc) is 2.89. The van der Waals surface area contributed by atoms with Gasteiger partial charge in [0.2, 0.25) is 0 Å². The Labute approximate surface area is 134 Å². The van der Waals surface area contributed by atoms with Gasteiger partial charge in [-0.15, -0.1) is 12.4 Å². The zero-order valence-electron chi connectivity index (χ0n) is 11.1. The van der Waals surface area contributed by atoms with Gasteiger partial charge >= 0.3 is 0 Å². The average molecular weight is 395 g/mol. The van der Waals surface area contributed by atoms with Crippen LogP contribution in [0.25, 0.3) is 0 Å². The molecule has 1 aliphatic rings. The number of rotatable bonds is 4. The van der Waals surface area contributed by atoms with Crippen LogP contribution >= 0.6 is 35.0 Å². The normalized spacial score (nSPS) is 17.9. The van der Waals surface area contributed by atoms with E-state index in [1.807, 2.05) is 29.2 Å². The number of halogens is 2. The van der Waals surface area contributed by atoms with Gasteiger partial charge in [-0.2, -0.15) is 0 Å². The van der Waals surface area contributed by atoms with Gasteiger partial charge in [-0.3, -0.25) is 4.79 Å². The van der Waals surface area contributed by atoms with Crippen LogP contribution in [0.5, 0.6) is 0 Å². The minimum atomic E-state index is 0. The number of carbonyl (C=O) groups is 1. The third-order valence-corrected chi connectivity index (χ3v) is 4.25. The van der Waals surface area contributed by atoms with Crippen molar-refractivity contribution in [3.63, 3.8) is 0 Å². The van der Waals surface area contributed by atoms with Crippen LogP contribution in [0.15, 0.2) is 24.3 Å². The number of carbonyl (C=O) groups excluding carboxylic acids is 1. The minimum Gasteiger partial charge on any atom is -0.334 e. The second-order valence-corrected chi connectivity index (χ2v) is 5.79. The molecule has 1 atom stereocenters. The molecule has 1 unspecified atom stereocenters. The minimum absolute atomic E-state index is 0. The van der Waals surface area contributed by atoms with Crippen LogP contribution in [0.3, 0.4) is 0 Å². The third kappa shape index (κ3) is 4.07. The van der Waals surface area contributed by atoms with Crippen molar-refractivity contribution in [1.29, 1.82) is 0 Å². The molecule has 1 amide bonds. The lowest BCUT2D eigenvalue weighted by atomic mass is 10.1. The van der Waals surface area contributed by atoms with Crippen molar-refractivity contribution >= 4 is 40.9 Å². The zero-order chi connectivity index (χ0) is 13.0. The highest BCUT2D eigenvalue weighted by atomic mass is 127. The molecule has 106 valence electrons. The molecule has 1 fully saturated rings. The Hall–Kier alpha value is -0.330. The highest BCUT2D eigenvalue weighted by Gasteiger charge is 2.27. The number of hydrogen-bond acceptors (Lipinski definition) is 2. The van der Waals surface area contributed by atoms with E-state index in [4.69, 9.17) is 0 Å². The smallest absolute Gasteiger partial charge is 0.255 e. The Bertz CT molecular complexity index is 422. The highest BCUT2D eigenvalue weighted by molar-refractivity contribution is 14.1. The fourth-order valence-electron chi connectivity index (χ4n) is 2.39. The van der Waals surface area contributed by atoms with Crippen LogP contribution in [0, 0.1) is 3.57 Å². The Balaban J connectivity index is 0.00000180. The molecule has 1 aromatic rings. The lowest BCUT2D eigenvalue weighted by Gasteiger charge is -2.28. The summed E-state index contributed by atoms with van der Waals surface area (Å²) in [4.78, 5) is 14.7. The van der Waals surface area contributed by atoms with Gasteiger partial charge in [0, 0.05) is 22.7 Å². The first kappa shape index (κ1) is 16.7. The third-order valence-electron chi connectivity index (χ3n) is 3.30. The maximum absolute atomic E-state index is 12.6. The lowest BCUT2D eigenvalue weighted by Crippen LogP contribution is -2.42. The van der Waals surface area contributed by atoms with Gasteiger partial charge in [0.05, 0.1) is 5.56 Å². The van der Waals surface area contributed by atoms with Gasteiger partial charge in [-0.05, 0) is 54.1 Å². The first-order chi connectivity index (χ1) is 8.74. The molecule has 1 aliphatic heterocycles. The van der Waals surface area contributed by atoms with E-state index in [2.05, 4.69) is 34.8 Å². The van der Waals surface area contributed by atoms with Crippen LogP contribution in [0.4, 0.5) is 0 Å². The van der Waals surface area contributed by atoms with E-state index in [0.29, 0.717) is 6.04 Å². The van der Waals surface area contributed by atoms with E-state index in [0.717, 1.165) is 41.6 Å². The molecule has 0 aliphatic carbocycles. The summed E-state index contributed by atoms with van der Waals surface area (Å²) in [6, 6.07) is 8.18. The molecular formula is C14H20ClIN2O. The summed E-state index contributed by atoms with van der Waals surface area (Å²) in [5.74, 6) is 0.176. The van der Waals surface area contributed by atoms with E-state index >= 15 is 0 Å². The van der Waals surface area contributed by atoms with Gasteiger partial charge in [0.1, 0.15) is 0 Å². The number of benzene rings is 1. The van der Waals surface area contributed by atoms with E-state index in [1.165, 1.54) is 0 Å². The molecule has 19 heavy (non-hydrogen) atoms. The van der Waals surface area contributed by atoms with Gasteiger partial charge in [-0.1, -0.05) is 19.1 Å². The van der Waals surface area contributed by atoms with E-state index in [-0.39, 0.29) is 18.3 Å². The summed E-state index contributed by atoms with van der Waals surface area (Å²) >= 11 is 2.24. The molecule has 1 saturated heterocycles. The lowest BCUT2D eigenvalue weighted by molar-refractivity contribution is 0.0691. The number of hydrogen-bond donors (Lipinski definition) is 1. The van der Waals surface area contributed by atoms with E-state index in [9.17, 15) is 4.79 Å². The molecule has 0 bridgehead atoms. The Morgan fingerprint density at radius 3 is 2.79 bits per heavy atom. The van der Waals surface area contributed by atoms with Gasteiger partial charge in [0.25, 0.3) is 5.91 Å². The number of nitrogens with zero attached hydrogens (tertiary/aromatic N) is 1. The van der Waals surface area contributed by atoms with Crippen LogP contribution in [-0.2, 0) is 0 Å². The van der Waals surface area contributed by atoms with E-state index in [1.54, 1.807) is 0 Å². The molecule has 5 heteroatoms. The largest absolute Gasteiger partial charge is 0.334 e. The molecule has 1 N–H and O–H groups in total. The van der Waals surface area contributed by atoms with Crippen molar-refractivity contribution in [2.75, 3.05) is 19.6 Å². The van der Waals surface area contributed by atoms with Crippen LogP contribution < -0.4 is 5.32 Å². The maximum atomic E-state index is 12.6. The van der Waals surface area contributed by atoms with Crippen molar-refractivity contribution < 1.29 is 4.79 Å².